The highest BCUT2D eigenvalue weighted by Gasteiger charge is 2.38. The highest BCUT2D eigenvalue weighted by molar-refractivity contribution is 5.76. The van der Waals surface area contributed by atoms with Gasteiger partial charge in [-0.15, -0.1) is 0 Å². The number of carbonyl (C=O) groups is 6. The molecule has 2 saturated heterocycles. The molecular weight excluding hydrogens is 728 g/mol. The third kappa shape index (κ3) is 16.1. The number of amides is 4. The smallest absolute Gasteiger partial charge is 0.410 e. The van der Waals surface area contributed by atoms with Crippen molar-refractivity contribution >= 4 is 36.3 Å². The van der Waals surface area contributed by atoms with Crippen LogP contribution >= 0.6 is 0 Å². The molecular formula is C40H56N4O12. The van der Waals surface area contributed by atoms with E-state index in [1.807, 2.05) is 60.7 Å². The van der Waals surface area contributed by atoms with Crippen molar-refractivity contribution < 1.29 is 57.2 Å². The molecule has 0 bridgehead atoms. The van der Waals surface area contributed by atoms with E-state index in [9.17, 15) is 28.8 Å². The number of esters is 2. The van der Waals surface area contributed by atoms with Crippen molar-refractivity contribution in [2.24, 2.45) is 11.8 Å². The molecule has 0 radical (unpaired) electrons. The Morgan fingerprint density at radius 2 is 0.911 bits per heavy atom. The molecule has 2 N–H and O–H groups in total. The third-order valence-electron chi connectivity index (χ3n) is 8.34. The van der Waals surface area contributed by atoms with Gasteiger partial charge < -0.3 is 48.9 Å². The first kappa shape index (κ1) is 44.9. The van der Waals surface area contributed by atoms with Crippen molar-refractivity contribution in [3.63, 3.8) is 0 Å². The fourth-order valence-electron chi connectivity index (χ4n) is 5.90. The van der Waals surface area contributed by atoms with Crippen LogP contribution in [0.5, 0.6) is 0 Å². The lowest BCUT2D eigenvalue weighted by Gasteiger charge is -2.37. The summed E-state index contributed by atoms with van der Waals surface area (Å²) in [5, 5.41) is 5.45. The number of hydrogen-bond donors (Lipinski definition) is 2. The van der Waals surface area contributed by atoms with Crippen LogP contribution in [0.3, 0.4) is 0 Å². The molecule has 4 rings (SSSR count). The van der Waals surface area contributed by atoms with Crippen molar-refractivity contribution in [1.29, 1.82) is 0 Å². The van der Waals surface area contributed by atoms with Gasteiger partial charge in [0.15, 0.2) is 0 Å². The maximum absolute atomic E-state index is 12.4. The number of alkyl carbamates (subject to hydrolysis) is 2. The molecule has 2 aliphatic heterocycles. The van der Waals surface area contributed by atoms with Crippen molar-refractivity contribution in [3.8, 4) is 0 Å². The lowest BCUT2D eigenvalue weighted by atomic mass is 9.94. The SMILES string of the molecule is COC(=O)[C@@H]1C[C@H](NC(=O)OCc2ccccc2)CN(C(=O)OC(C)(C)C)C1.COC(=O)[C@H]1C[C@@H](NC(=O)OCc2ccccc2)CN(C(=O)OC(C)(C)C)C1. The first-order chi connectivity index (χ1) is 26.3. The predicted molar refractivity (Wildman–Crippen MR) is 203 cm³/mol. The second-order valence-corrected chi connectivity index (χ2v) is 15.5. The Morgan fingerprint density at radius 3 is 1.21 bits per heavy atom. The number of hydrogen-bond acceptors (Lipinski definition) is 12. The standard InChI is InChI=1S/2C20H28N2O6/c2*1-20(2,3)28-19(25)22-11-15(17(23)26-4)10-16(12-22)21-18(24)27-13-14-8-6-5-7-9-14/h2*5-9,15-16H,10-13H2,1-4H3,(H,21,24)/t2*15-,16+/m10/s1. The Labute approximate surface area is 328 Å². The number of methoxy groups -OCH3 is 2. The first-order valence-corrected chi connectivity index (χ1v) is 18.4. The minimum atomic E-state index is -0.660. The zero-order valence-electron chi connectivity index (χ0n) is 33.5. The van der Waals surface area contributed by atoms with Gasteiger partial charge in [0.25, 0.3) is 0 Å². The topological polar surface area (TPSA) is 188 Å². The lowest BCUT2D eigenvalue weighted by Crippen LogP contribution is -2.55. The number of benzene rings is 2. The second kappa shape index (κ2) is 20.9. The summed E-state index contributed by atoms with van der Waals surface area (Å²) >= 11 is 0. The summed E-state index contributed by atoms with van der Waals surface area (Å²) in [4.78, 5) is 76.0. The Bertz CT molecular complexity index is 1490. The molecule has 2 aromatic rings. The summed E-state index contributed by atoms with van der Waals surface area (Å²) in [6, 6.07) is 17.7. The highest BCUT2D eigenvalue weighted by atomic mass is 16.6. The zero-order valence-corrected chi connectivity index (χ0v) is 33.5. The zero-order chi connectivity index (χ0) is 41.5. The number of rotatable bonds is 8. The summed E-state index contributed by atoms with van der Waals surface area (Å²) in [6.45, 7) is 11.7. The summed E-state index contributed by atoms with van der Waals surface area (Å²) in [5.41, 5.74) is 0.410. The fourth-order valence-corrected chi connectivity index (χ4v) is 5.90. The van der Waals surface area contributed by atoms with Crippen LogP contribution in [-0.4, -0.2) is 110 Å². The number of carbonyl (C=O) groups excluding carboxylic acids is 6. The van der Waals surface area contributed by atoms with Gasteiger partial charge in [-0.3, -0.25) is 9.59 Å². The number of piperidine rings is 2. The average molecular weight is 785 g/mol. The molecule has 0 unspecified atom stereocenters. The van der Waals surface area contributed by atoms with Crippen LogP contribution in [0.15, 0.2) is 60.7 Å². The van der Waals surface area contributed by atoms with Crippen LogP contribution in [0.1, 0.15) is 65.5 Å². The van der Waals surface area contributed by atoms with Gasteiger partial charge in [-0.05, 0) is 65.5 Å². The van der Waals surface area contributed by atoms with Gasteiger partial charge in [0, 0.05) is 26.2 Å². The molecule has 308 valence electrons. The van der Waals surface area contributed by atoms with Gasteiger partial charge >= 0.3 is 36.3 Å². The van der Waals surface area contributed by atoms with Crippen LogP contribution < -0.4 is 10.6 Å². The Hall–Kier alpha value is -5.54. The average Bonchev–Trinajstić information content (AvgIpc) is 3.15. The maximum atomic E-state index is 12.4. The van der Waals surface area contributed by atoms with Gasteiger partial charge in [-0.25, -0.2) is 19.2 Å². The molecule has 4 atom stereocenters. The summed E-state index contributed by atoms with van der Waals surface area (Å²) in [6.07, 6.45) is -1.58. The second-order valence-electron chi connectivity index (χ2n) is 15.5. The summed E-state index contributed by atoms with van der Waals surface area (Å²) in [7, 11) is 2.59. The van der Waals surface area contributed by atoms with E-state index in [2.05, 4.69) is 10.6 Å². The van der Waals surface area contributed by atoms with E-state index in [-0.39, 0.29) is 39.4 Å². The lowest BCUT2D eigenvalue weighted by molar-refractivity contribution is -0.148. The molecule has 4 amide bonds. The fraction of sp³-hybridized carbons (Fsp3) is 0.550. The van der Waals surface area contributed by atoms with Crippen LogP contribution in [-0.2, 0) is 51.2 Å². The van der Waals surface area contributed by atoms with Gasteiger partial charge in [0.2, 0.25) is 0 Å². The molecule has 0 saturated carbocycles. The minimum absolute atomic E-state index is 0.135. The molecule has 2 aliphatic rings. The predicted octanol–water partition coefficient (Wildman–Crippen LogP) is 5.42. The summed E-state index contributed by atoms with van der Waals surface area (Å²) in [5.74, 6) is -1.97. The third-order valence-corrected chi connectivity index (χ3v) is 8.34. The van der Waals surface area contributed by atoms with E-state index >= 15 is 0 Å². The molecule has 2 aromatic carbocycles. The number of ether oxygens (including phenoxy) is 6. The number of nitrogens with zero attached hydrogens (tertiary/aromatic N) is 2. The normalized spacial score (nSPS) is 19.5. The van der Waals surface area contributed by atoms with Gasteiger partial charge in [0.1, 0.15) is 24.4 Å². The van der Waals surface area contributed by atoms with Crippen molar-refractivity contribution in [2.45, 2.75) is 90.9 Å². The van der Waals surface area contributed by atoms with Gasteiger partial charge in [-0.1, -0.05) is 60.7 Å². The first-order valence-electron chi connectivity index (χ1n) is 18.4. The van der Waals surface area contributed by atoms with E-state index in [0.717, 1.165) is 11.1 Å². The quantitative estimate of drug-likeness (QED) is 0.256. The highest BCUT2D eigenvalue weighted by Crippen LogP contribution is 2.23. The van der Waals surface area contributed by atoms with Crippen LogP contribution in [0.4, 0.5) is 19.2 Å². The van der Waals surface area contributed by atoms with Crippen molar-refractivity contribution in [1.82, 2.24) is 20.4 Å². The molecule has 0 aliphatic carbocycles. The molecule has 2 heterocycles. The molecule has 16 heteroatoms. The Balaban J connectivity index is 0.000000300. The maximum Gasteiger partial charge on any atom is 0.410 e. The molecule has 2 fully saturated rings. The van der Waals surface area contributed by atoms with E-state index in [0.29, 0.717) is 12.8 Å². The number of nitrogens with one attached hydrogen (secondary N) is 2. The van der Waals surface area contributed by atoms with Crippen LogP contribution in [0.2, 0.25) is 0 Å². The van der Waals surface area contributed by atoms with E-state index in [4.69, 9.17) is 28.4 Å². The van der Waals surface area contributed by atoms with Gasteiger partial charge in [-0.2, -0.15) is 0 Å². The Kier molecular flexibility index (Phi) is 16.8. The molecule has 0 spiro atoms. The minimum Gasteiger partial charge on any atom is -0.469 e. The van der Waals surface area contributed by atoms with Gasteiger partial charge in [0.05, 0.1) is 38.1 Å². The van der Waals surface area contributed by atoms with Crippen LogP contribution in [0.25, 0.3) is 0 Å². The van der Waals surface area contributed by atoms with Crippen LogP contribution in [0, 0.1) is 11.8 Å². The molecule has 56 heavy (non-hydrogen) atoms. The van der Waals surface area contributed by atoms with Crippen molar-refractivity contribution in [2.75, 3.05) is 40.4 Å². The summed E-state index contributed by atoms with van der Waals surface area (Å²) < 4.78 is 30.9. The van der Waals surface area contributed by atoms with E-state index in [1.54, 1.807) is 41.5 Å². The van der Waals surface area contributed by atoms with E-state index in [1.165, 1.54) is 24.0 Å². The Morgan fingerprint density at radius 1 is 0.571 bits per heavy atom. The van der Waals surface area contributed by atoms with Crippen molar-refractivity contribution in [3.05, 3.63) is 71.8 Å². The monoisotopic (exact) mass is 784 g/mol. The molecule has 0 aromatic heterocycles. The molecule has 16 nitrogen and oxygen atoms in total. The number of likely N-dealkylation sites (tertiary alicyclic amines) is 2. The van der Waals surface area contributed by atoms with E-state index < -0.39 is 71.4 Å². The largest absolute Gasteiger partial charge is 0.469 e.